The lowest BCUT2D eigenvalue weighted by atomic mass is 10.1. The van der Waals surface area contributed by atoms with Gasteiger partial charge in [-0.2, -0.15) is 0 Å². The topological polar surface area (TPSA) is 51.6 Å². The highest BCUT2D eigenvalue weighted by molar-refractivity contribution is 5.10. The Morgan fingerprint density at radius 3 is 2.73 bits per heavy atom. The van der Waals surface area contributed by atoms with Gasteiger partial charge < -0.3 is 14.6 Å². The number of hydrogen-bond donors (Lipinski definition) is 1. The summed E-state index contributed by atoms with van der Waals surface area (Å²) in [5, 5.41) is 9.62. The van der Waals surface area contributed by atoms with Crippen LogP contribution >= 0.6 is 0 Å². The first-order chi connectivity index (χ1) is 7.33. The summed E-state index contributed by atoms with van der Waals surface area (Å²) in [5.41, 5.74) is 1.06. The van der Waals surface area contributed by atoms with E-state index in [0.29, 0.717) is 26.2 Å². The van der Waals surface area contributed by atoms with Gasteiger partial charge in [-0.1, -0.05) is 0 Å². The van der Waals surface area contributed by atoms with Crippen molar-refractivity contribution in [1.29, 1.82) is 0 Å². The number of aromatic nitrogens is 1. The van der Waals surface area contributed by atoms with Crippen molar-refractivity contribution in [3.63, 3.8) is 0 Å². The third-order valence-electron chi connectivity index (χ3n) is 1.96. The van der Waals surface area contributed by atoms with Crippen molar-refractivity contribution in [1.82, 2.24) is 4.98 Å². The molecule has 0 amide bonds. The van der Waals surface area contributed by atoms with Crippen LogP contribution in [-0.4, -0.2) is 43.1 Å². The largest absolute Gasteiger partial charge is 0.390 e. The maximum absolute atomic E-state index is 9.62. The SMILES string of the molecule is COCCOCC(O)Cc1ccncc1. The number of aliphatic hydroxyl groups is 1. The fraction of sp³-hybridized carbons (Fsp3) is 0.545. The number of pyridine rings is 1. The van der Waals surface area contributed by atoms with Crippen LogP contribution in [0.3, 0.4) is 0 Å². The normalized spacial score (nSPS) is 12.7. The lowest BCUT2D eigenvalue weighted by Crippen LogP contribution is -2.19. The van der Waals surface area contributed by atoms with E-state index in [1.807, 2.05) is 12.1 Å². The molecule has 4 heteroatoms. The summed E-state index contributed by atoms with van der Waals surface area (Å²) in [7, 11) is 1.62. The number of ether oxygens (including phenoxy) is 2. The van der Waals surface area contributed by atoms with Crippen molar-refractivity contribution in [2.75, 3.05) is 26.9 Å². The fourth-order valence-corrected chi connectivity index (χ4v) is 1.21. The molecular formula is C11H17NO3. The number of methoxy groups -OCH3 is 1. The predicted molar refractivity (Wildman–Crippen MR) is 56.6 cm³/mol. The second-order valence-electron chi connectivity index (χ2n) is 3.28. The smallest absolute Gasteiger partial charge is 0.0813 e. The van der Waals surface area contributed by atoms with Gasteiger partial charge in [-0.25, -0.2) is 0 Å². The van der Waals surface area contributed by atoms with Crippen LogP contribution in [0.1, 0.15) is 5.56 Å². The quantitative estimate of drug-likeness (QED) is 0.673. The monoisotopic (exact) mass is 211 g/mol. The molecule has 1 heterocycles. The molecule has 0 saturated heterocycles. The molecule has 0 aliphatic rings. The molecule has 1 unspecified atom stereocenters. The Labute approximate surface area is 89.9 Å². The second-order valence-corrected chi connectivity index (χ2v) is 3.28. The van der Waals surface area contributed by atoms with Crippen LogP contribution in [0.2, 0.25) is 0 Å². The van der Waals surface area contributed by atoms with Crippen LogP contribution in [0, 0.1) is 0 Å². The number of aliphatic hydroxyl groups excluding tert-OH is 1. The van der Waals surface area contributed by atoms with Crippen LogP contribution in [0.15, 0.2) is 24.5 Å². The van der Waals surface area contributed by atoms with Crippen molar-refractivity contribution >= 4 is 0 Å². The van der Waals surface area contributed by atoms with Crippen LogP contribution in [0.5, 0.6) is 0 Å². The van der Waals surface area contributed by atoms with Gasteiger partial charge >= 0.3 is 0 Å². The van der Waals surface area contributed by atoms with Crippen LogP contribution in [0.25, 0.3) is 0 Å². The van der Waals surface area contributed by atoms with Crippen LogP contribution in [-0.2, 0) is 15.9 Å². The zero-order valence-electron chi connectivity index (χ0n) is 8.93. The van der Waals surface area contributed by atoms with Crippen LogP contribution < -0.4 is 0 Å². The lowest BCUT2D eigenvalue weighted by molar-refractivity contribution is 0.0137. The Morgan fingerprint density at radius 1 is 1.33 bits per heavy atom. The molecule has 0 radical (unpaired) electrons. The van der Waals surface area contributed by atoms with Gasteiger partial charge in [0.1, 0.15) is 0 Å². The standard InChI is InChI=1S/C11H17NO3/c1-14-6-7-15-9-11(13)8-10-2-4-12-5-3-10/h2-5,11,13H,6-9H2,1H3. The van der Waals surface area contributed by atoms with Crippen LogP contribution in [0.4, 0.5) is 0 Å². The highest BCUT2D eigenvalue weighted by Crippen LogP contribution is 2.01. The van der Waals surface area contributed by atoms with Crippen molar-refractivity contribution < 1.29 is 14.6 Å². The van der Waals surface area contributed by atoms with E-state index in [0.717, 1.165) is 5.56 Å². The molecule has 1 N–H and O–H groups in total. The first-order valence-corrected chi connectivity index (χ1v) is 4.96. The van der Waals surface area contributed by atoms with E-state index in [1.54, 1.807) is 19.5 Å². The molecule has 0 fully saturated rings. The van der Waals surface area contributed by atoms with Gasteiger partial charge in [0.05, 0.1) is 25.9 Å². The minimum absolute atomic E-state index is 0.339. The third kappa shape index (κ3) is 5.47. The van der Waals surface area contributed by atoms with E-state index in [9.17, 15) is 5.11 Å². The summed E-state index contributed by atoms with van der Waals surface area (Å²) < 4.78 is 10.0. The summed E-state index contributed by atoms with van der Waals surface area (Å²) in [6.45, 7) is 1.41. The molecule has 4 nitrogen and oxygen atoms in total. The van der Waals surface area contributed by atoms with Gasteiger partial charge in [0, 0.05) is 25.9 Å². The van der Waals surface area contributed by atoms with Gasteiger partial charge in [0.2, 0.25) is 0 Å². The van der Waals surface area contributed by atoms with Crippen molar-refractivity contribution in [2.45, 2.75) is 12.5 Å². The maximum Gasteiger partial charge on any atom is 0.0813 e. The highest BCUT2D eigenvalue weighted by Gasteiger charge is 2.05. The Morgan fingerprint density at radius 2 is 2.07 bits per heavy atom. The first kappa shape index (κ1) is 12.1. The molecule has 0 spiro atoms. The summed E-state index contributed by atoms with van der Waals surface area (Å²) in [5.74, 6) is 0. The molecule has 0 saturated carbocycles. The predicted octanol–water partition coefficient (Wildman–Crippen LogP) is 0.648. The second kappa shape index (κ2) is 7.34. The molecule has 0 aliphatic carbocycles. The van der Waals surface area contributed by atoms with Gasteiger partial charge in [0.15, 0.2) is 0 Å². The highest BCUT2D eigenvalue weighted by atomic mass is 16.5. The molecular weight excluding hydrogens is 194 g/mol. The van der Waals surface area contributed by atoms with Crippen molar-refractivity contribution in [3.8, 4) is 0 Å². The molecule has 0 bridgehead atoms. The van der Waals surface area contributed by atoms with Gasteiger partial charge in [-0.15, -0.1) is 0 Å². The average molecular weight is 211 g/mol. The minimum atomic E-state index is -0.468. The first-order valence-electron chi connectivity index (χ1n) is 4.96. The van der Waals surface area contributed by atoms with E-state index in [-0.39, 0.29) is 0 Å². The zero-order valence-corrected chi connectivity index (χ0v) is 8.93. The average Bonchev–Trinajstić information content (AvgIpc) is 2.26. The summed E-state index contributed by atoms with van der Waals surface area (Å²) >= 11 is 0. The Hall–Kier alpha value is -0.970. The molecule has 0 aliphatic heterocycles. The molecule has 1 aromatic heterocycles. The molecule has 15 heavy (non-hydrogen) atoms. The van der Waals surface area contributed by atoms with E-state index >= 15 is 0 Å². The van der Waals surface area contributed by atoms with Crippen molar-refractivity contribution in [3.05, 3.63) is 30.1 Å². The molecule has 0 aromatic carbocycles. The maximum atomic E-state index is 9.62. The number of hydrogen-bond acceptors (Lipinski definition) is 4. The molecule has 1 atom stereocenters. The molecule has 1 aromatic rings. The third-order valence-corrected chi connectivity index (χ3v) is 1.96. The summed E-state index contributed by atoms with van der Waals surface area (Å²) in [6, 6.07) is 3.77. The zero-order chi connectivity index (χ0) is 10.9. The Balaban J connectivity index is 2.16. The van der Waals surface area contributed by atoms with E-state index in [4.69, 9.17) is 9.47 Å². The summed E-state index contributed by atoms with van der Waals surface area (Å²) in [6.07, 6.45) is 3.56. The van der Waals surface area contributed by atoms with E-state index in [1.165, 1.54) is 0 Å². The Kier molecular flexibility index (Phi) is 5.92. The van der Waals surface area contributed by atoms with E-state index < -0.39 is 6.10 Å². The minimum Gasteiger partial charge on any atom is -0.390 e. The molecule has 84 valence electrons. The number of nitrogens with zero attached hydrogens (tertiary/aromatic N) is 1. The Bertz CT molecular complexity index is 253. The van der Waals surface area contributed by atoms with Crippen molar-refractivity contribution in [2.24, 2.45) is 0 Å². The van der Waals surface area contributed by atoms with E-state index in [2.05, 4.69) is 4.98 Å². The lowest BCUT2D eigenvalue weighted by Gasteiger charge is -2.10. The van der Waals surface area contributed by atoms with Gasteiger partial charge in [0.25, 0.3) is 0 Å². The molecule has 1 rings (SSSR count). The van der Waals surface area contributed by atoms with Gasteiger partial charge in [-0.05, 0) is 17.7 Å². The fourth-order valence-electron chi connectivity index (χ4n) is 1.21. The summed E-state index contributed by atoms with van der Waals surface area (Å²) in [4.78, 5) is 3.91. The number of rotatable bonds is 7. The van der Waals surface area contributed by atoms with Gasteiger partial charge in [-0.3, -0.25) is 4.98 Å².